The second-order valence-corrected chi connectivity index (χ2v) is 10.3. The van der Waals surface area contributed by atoms with E-state index in [4.69, 9.17) is 9.73 Å². The fourth-order valence-corrected chi connectivity index (χ4v) is 5.69. The van der Waals surface area contributed by atoms with Crippen LogP contribution in [0.5, 0.6) is 5.75 Å². The molecule has 4 nitrogen and oxygen atoms in total. The van der Waals surface area contributed by atoms with Crippen molar-refractivity contribution < 1.29 is 9.53 Å². The third-order valence-corrected chi connectivity index (χ3v) is 6.99. The Balaban J connectivity index is 1.81. The summed E-state index contributed by atoms with van der Waals surface area (Å²) in [5, 5.41) is 0.617. The number of hydrogen-bond acceptors (Lipinski definition) is 4. The number of rotatable bonds is 5. The maximum absolute atomic E-state index is 13.6. The number of hydrogen-bond donors (Lipinski definition) is 0. The van der Waals surface area contributed by atoms with E-state index >= 15 is 0 Å². The van der Waals surface area contributed by atoms with E-state index in [2.05, 4.69) is 31.9 Å². The van der Waals surface area contributed by atoms with Gasteiger partial charge in [0.1, 0.15) is 5.75 Å². The van der Waals surface area contributed by atoms with E-state index in [1.165, 1.54) is 11.8 Å². The Morgan fingerprint density at radius 2 is 1.64 bits per heavy atom. The van der Waals surface area contributed by atoms with Crippen LogP contribution in [0, 0.1) is 13.8 Å². The molecule has 1 heterocycles. The molecule has 33 heavy (non-hydrogen) atoms. The number of halogens is 2. The van der Waals surface area contributed by atoms with Crippen molar-refractivity contribution >= 4 is 72.1 Å². The molecule has 7 heteroatoms. The van der Waals surface area contributed by atoms with Gasteiger partial charge in [0.15, 0.2) is 5.17 Å². The second-order valence-electron chi connectivity index (χ2n) is 7.56. The van der Waals surface area contributed by atoms with E-state index in [1.807, 2.05) is 87.5 Å². The van der Waals surface area contributed by atoms with Crippen LogP contribution < -0.4 is 9.64 Å². The van der Waals surface area contributed by atoms with Crippen LogP contribution in [-0.4, -0.2) is 17.7 Å². The predicted molar refractivity (Wildman–Crippen MR) is 146 cm³/mol. The van der Waals surface area contributed by atoms with Crippen LogP contribution in [0.3, 0.4) is 0 Å². The van der Waals surface area contributed by atoms with Gasteiger partial charge in [-0.15, -0.1) is 0 Å². The average Bonchev–Trinajstić information content (AvgIpc) is 3.07. The molecule has 0 aromatic heterocycles. The van der Waals surface area contributed by atoms with Crippen LogP contribution in [0.4, 0.5) is 11.4 Å². The summed E-state index contributed by atoms with van der Waals surface area (Å²) in [4.78, 5) is 20.6. The zero-order chi connectivity index (χ0) is 23.5. The van der Waals surface area contributed by atoms with E-state index in [1.54, 1.807) is 4.90 Å². The summed E-state index contributed by atoms with van der Waals surface area (Å²) in [6.07, 6.45) is 1.87. The number of anilines is 1. The average molecular weight is 586 g/mol. The first-order valence-electron chi connectivity index (χ1n) is 10.4. The Kier molecular flexibility index (Phi) is 7.41. The van der Waals surface area contributed by atoms with Crippen molar-refractivity contribution in [2.45, 2.75) is 20.8 Å². The van der Waals surface area contributed by atoms with Crippen LogP contribution in [0.25, 0.3) is 6.08 Å². The van der Waals surface area contributed by atoms with Crippen molar-refractivity contribution in [3.8, 4) is 5.75 Å². The van der Waals surface area contributed by atoms with Crippen molar-refractivity contribution in [2.24, 2.45) is 4.99 Å². The summed E-state index contributed by atoms with van der Waals surface area (Å²) >= 11 is 8.47. The molecule has 0 N–H and O–H groups in total. The summed E-state index contributed by atoms with van der Waals surface area (Å²) in [5.41, 5.74) is 4.69. The molecule has 1 aliphatic rings. The molecule has 0 saturated carbocycles. The minimum Gasteiger partial charge on any atom is -0.492 e. The minimum absolute atomic E-state index is 0.117. The molecular weight excluding hydrogens is 564 g/mol. The van der Waals surface area contributed by atoms with E-state index in [0.717, 1.165) is 37.0 Å². The lowest BCUT2D eigenvalue weighted by molar-refractivity contribution is -0.113. The van der Waals surface area contributed by atoms with Crippen molar-refractivity contribution in [1.29, 1.82) is 0 Å². The molecule has 1 amide bonds. The highest BCUT2D eigenvalue weighted by atomic mass is 79.9. The molecule has 1 aliphatic heterocycles. The Bertz CT molecular complexity index is 1250. The van der Waals surface area contributed by atoms with Crippen molar-refractivity contribution in [3.63, 3.8) is 0 Å². The lowest BCUT2D eigenvalue weighted by Crippen LogP contribution is -2.28. The first kappa shape index (κ1) is 23.8. The van der Waals surface area contributed by atoms with Gasteiger partial charge in [-0.05, 0) is 90.9 Å². The van der Waals surface area contributed by atoms with E-state index in [9.17, 15) is 4.79 Å². The number of amidine groups is 1. The quantitative estimate of drug-likeness (QED) is 0.285. The molecule has 0 aliphatic carbocycles. The van der Waals surface area contributed by atoms with Crippen LogP contribution in [-0.2, 0) is 4.79 Å². The Morgan fingerprint density at radius 3 is 2.27 bits per heavy atom. The van der Waals surface area contributed by atoms with E-state index in [-0.39, 0.29) is 5.91 Å². The summed E-state index contributed by atoms with van der Waals surface area (Å²) in [7, 11) is 0. The number of aryl methyl sites for hydroxylation is 2. The number of aliphatic imine (C=N–C) groups is 1. The van der Waals surface area contributed by atoms with Gasteiger partial charge in [0.25, 0.3) is 5.91 Å². The van der Waals surface area contributed by atoms with Crippen molar-refractivity contribution in [3.05, 3.63) is 91.2 Å². The van der Waals surface area contributed by atoms with E-state index in [0.29, 0.717) is 22.4 Å². The summed E-state index contributed by atoms with van der Waals surface area (Å²) in [6.45, 7) is 6.52. The summed E-state index contributed by atoms with van der Waals surface area (Å²) in [5.74, 6) is 0.584. The molecule has 4 rings (SSSR count). The molecule has 3 aromatic rings. The maximum atomic E-state index is 13.6. The molecule has 0 unspecified atom stereocenters. The van der Waals surface area contributed by atoms with Crippen molar-refractivity contribution in [2.75, 3.05) is 11.5 Å². The zero-order valence-corrected chi connectivity index (χ0v) is 22.4. The first-order chi connectivity index (χ1) is 15.9. The molecule has 0 radical (unpaired) electrons. The Morgan fingerprint density at radius 1 is 1.00 bits per heavy atom. The normalized spacial score (nSPS) is 16.2. The number of amides is 1. The highest BCUT2D eigenvalue weighted by Crippen LogP contribution is 2.40. The third kappa shape index (κ3) is 5.42. The second kappa shape index (κ2) is 10.3. The van der Waals surface area contributed by atoms with Gasteiger partial charge in [-0.3, -0.25) is 9.69 Å². The van der Waals surface area contributed by atoms with Gasteiger partial charge >= 0.3 is 0 Å². The SMILES string of the molecule is CCOc1c(Br)cc(Br)cc1/C=C1\SC(=Nc2ccc(C)cc2)N(c2ccc(C)cc2)C1=O. The summed E-state index contributed by atoms with van der Waals surface area (Å²) < 4.78 is 7.57. The standard InChI is InChI=1S/C26H22Br2N2O2S/c1-4-32-24-18(13-19(27)15-22(24)28)14-23-25(31)30(21-11-7-17(3)8-12-21)26(33-23)29-20-9-5-16(2)6-10-20/h5-15H,4H2,1-3H3/b23-14-,29-26?. The number of thioether (sulfide) groups is 1. The topological polar surface area (TPSA) is 41.9 Å². The molecule has 3 aromatic carbocycles. The largest absolute Gasteiger partial charge is 0.492 e. The smallest absolute Gasteiger partial charge is 0.271 e. The van der Waals surface area contributed by atoms with Gasteiger partial charge in [0, 0.05) is 10.0 Å². The molecule has 0 atom stereocenters. The van der Waals surface area contributed by atoms with E-state index < -0.39 is 0 Å². The monoisotopic (exact) mass is 584 g/mol. The van der Waals surface area contributed by atoms with Gasteiger partial charge in [0.05, 0.1) is 27.4 Å². The van der Waals surface area contributed by atoms with Crippen LogP contribution in [0.1, 0.15) is 23.6 Å². The molecule has 0 bridgehead atoms. The number of ether oxygens (including phenoxy) is 1. The number of benzene rings is 3. The highest BCUT2D eigenvalue weighted by molar-refractivity contribution is 9.11. The highest BCUT2D eigenvalue weighted by Gasteiger charge is 2.35. The molecule has 0 spiro atoms. The van der Waals surface area contributed by atoms with Gasteiger partial charge < -0.3 is 4.74 Å². The lowest BCUT2D eigenvalue weighted by atomic mass is 10.1. The number of nitrogens with zero attached hydrogens (tertiary/aromatic N) is 2. The molecular formula is C26H22Br2N2O2S. The fraction of sp³-hybridized carbons (Fsp3) is 0.154. The van der Waals surface area contributed by atoms with Gasteiger partial charge in [-0.2, -0.15) is 0 Å². The zero-order valence-electron chi connectivity index (χ0n) is 18.4. The van der Waals surface area contributed by atoms with Gasteiger partial charge in [-0.25, -0.2) is 4.99 Å². The Labute approximate surface area is 215 Å². The summed E-state index contributed by atoms with van der Waals surface area (Å²) in [6, 6.07) is 19.7. The van der Waals surface area contributed by atoms with Gasteiger partial charge in [0.2, 0.25) is 0 Å². The number of carbonyl (C=O) groups is 1. The molecule has 1 fully saturated rings. The third-order valence-electron chi connectivity index (χ3n) is 4.97. The fourth-order valence-electron chi connectivity index (χ4n) is 3.33. The molecule has 1 saturated heterocycles. The number of carbonyl (C=O) groups excluding carboxylic acids is 1. The minimum atomic E-state index is -0.117. The van der Waals surface area contributed by atoms with Crippen LogP contribution >= 0.6 is 43.6 Å². The first-order valence-corrected chi connectivity index (χ1v) is 12.8. The van der Waals surface area contributed by atoms with Crippen molar-refractivity contribution in [1.82, 2.24) is 0 Å². The van der Waals surface area contributed by atoms with Crippen LogP contribution in [0.15, 0.2) is 79.5 Å². The predicted octanol–water partition coefficient (Wildman–Crippen LogP) is 8.04. The van der Waals surface area contributed by atoms with Crippen LogP contribution in [0.2, 0.25) is 0 Å². The van der Waals surface area contributed by atoms with Gasteiger partial charge in [-0.1, -0.05) is 51.3 Å². The Hall–Kier alpha value is -2.35. The lowest BCUT2D eigenvalue weighted by Gasteiger charge is -2.16. The molecule has 168 valence electrons. The maximum Gasteiger partial charge on any atom is 0.271 e.